The van der Waals surface area contributed by atoms with Gasteiger partial charge in [0.25, 0.3) is 0 Å². The summed E-state index contributed by atoms with van der Waals surface area (Å²) < 4.78 is 16.7. The second-order valence-corrected chi connectivity index (χ2v) is 16.7. The molecule has 0 heterocycles. The van der Waals surface area contributed by atoms with Gasteiger partial charge in [-0.1, -0.05) is 204 Å². The smallest absolute Gasteiger partial charge is 0.306 e. The van der Waals surface area contributed by atoms with Gasteiger partial charge < -0.3 is 14.2 Å². The summed E-state index contributed by atoms with van der Waals surface area (Å²) in [7, 11) is 0. The molecule has 0 aliphatic carbocycles. The van der Waals surface area contributed by atoms with Crippen molar-refractivity contribution in [3.63, 3.8) is 0 Å². The molecule has 60 heavy (non-hydrogen) atoms. The third kappa shape index (κ3) is 46.2. The SMILES string of the molecule is CC/C=C\C/C=C\C/C=C\CCCCCC(=O)OC(COC(=O)CCCCCCCCCC)COC(=O)CCCCCCCCCCC/C=C\C/C=C\CCCCCCC. The fraction of sp³-hybridized carbons (Fsp3) is 0.759. The van der Waals surface area contributed by atoms with Gasteiger partial charge in [-0.15, -0.1) is 0 Å². The van der Waals surface area contributed by atoms with E-state index in [0.717, 1.165) is 89.9 Å². The fourth-order valence-corrected chi connectivity index (χ4v) is 6.96. The third-order valence-electron chi connectivity index (χ3n) is 10.8. The van der Waals surface area contributed by atoms with Crippen molar-refractivity contribution in [2.75, 3.05) is 13.2 Å². The Bertz CT molecular complexity index is 1100. The second-order valence-electron chi connectivity index (χ2n) is 16.7. The topological polar surface area (TPSA) is 78.9 Å². The summed E-state index contributed by atoms with van der Waals surface area (Å²) in [6.45, 7) is 6.45. The zero-order chi connectivity index (χ0) is 43.7. The molecular weight excluding hydrogens is 745 g/mol. The number of hydrogen-bond acceptors (Lipinski definition) is 6. The molecule has 0 aromatic rings. The van der Waals surface area contributed by atoms with Crippen LogP contribution in [0.1, 0.15) is 245 Å². The molecule has 0 aromatic carbocycles. The van der Waals surface area contributed by atoms with Gasteiger partial charge in [-0.25, -0.2) is 0 Å². The lowest BCUT2D eigenvalue weighted by molar-refractivity contribution is -0.167. The van der Waals surface area contributed by atoms with Crippen LogP contribution in [0.4, 0.5) is 0 Å². The highest BCUT2D eigenvalue weighted by Gasteiger charge is 2.19. The molecule has 0 rings (SSSR count). The molecule has 346 valence electrons. The van der Waals surface area contributed by atoms with E-state index in [-0.39, 0.29) is 31.1 Å². The minimum absolute atomic E-state index is 0.0866. The summed E-state index contributed by atoms with van der Waals surface area (Å²) in [6, 6.07) is 0. The van der Waals surface area contributed by atoms with Crippen LogP contribution in [0.5, 0.6) is 0 Å². The van der Waals surface area contributed by atoms with E-state index in [1.165, 1.54) is 116 Å². The molecule has 6 nitrogen and oxygen atoms in total. The van der Waals surface area contributed by atoms with Gasteiger partial charge in [0.15, 0.2) is 6.10 Å². The zero-order valence-electron chi connectivity index (χ0n) is 39.5. The van der Waals surface area contributed by atoms with E-state index in [4.69, 9.17) is 14.2 Å². The van der Waals surface area contributed by atoms with Crippen LogP contribution in [0, 0.1) is 0 Å². The highest BCUT2D eigenvalue weighted by atomic mass is 16.6. The Balaban J connectivity index is 4.28. The van der Waals surface area contributed by atoms with Gasteiger partial charge in [0.2, 0.25) is 0 Å². The van der Waals surface area contributed by atoms with Crippen LogP contribution >= 0.6 is 0 Å². The van der Waals surface area contributed by atoms with E-state index in [9.17, 15) is 14.4 Å². The van der Waals surface area contributed by atoms with Crippen molar-refractivity contribution in [3.8, 4) is 0 Å². The number of rotatable bonds is 45. The number of esters is 3. The minimum Gasteiger partial charge on any atom is -0.462 e. The molecular formula is C54H94O6. The average molecular weight is 839 g/mol. The first-order chi connectivity index (χ1) is 29.5. The summed E-state index contributed by atoms with van der Waals surface area (Å²) in [5.41, 5.74) is 0. The quantitative estimate of drug-likeness (QED) is 0.0263. The molecule has 1 unspecified atom stereocenters. The average Bonchev–Trinajstić information content (AvgIpc) is 3.24. The fourth-order valence-electron chi connectivity index (χ4n) is 6.96. The Morgan fingerprint density at radius 3 is 1.03 bits per heavy atom. The molecule has 0 fully saturated rings. The van der Waals surface area contributed by atoms with Gasteiger partial charge in [0.05, 0.1) is 0 Å². The molecule has 0 aliphatic rings. The Labute approximate surface area is 370 Å². The molecule has 0 saturated heterocycles. The summed E-state index contributed by atoms with van der Waals surface area (Å²) in [6.07, 6.45) is 59.3. The lowest BCUT2D eigenvalue weighted by Gasteiger charge is -2.18. The van der Waals surface area contributed by atoms with Gasteiger partial charge in [-0.2, -0.15) is 0 Å². The highest BCUT2D eigenvalue weighted by Crippen LogP contribution is 2.14. The lowest BCUT2D eigenvalue weighted by Crippen LogP contribution is -2.30. The molecule has 0 aliphatic heterocycles. The molecule has 0 saturated carbocycles. The van der Waals surface area contributed by atoms with Gasteiger partial charge in [-0.05, 0) is 83.5 Å². The second kappa shape index (κ2) is 48.8. The van der Waals surface area contributed by atoms with E-state index in [1.54, 1.807) is 0 Å². The maximum absolute atomic E-state index is 12.7. The summed E-state index contributed by atoms with van der Waals surface area (Å²) >= 11 is 0. The van der Waals surface area contributed by atoms with Crippen molar-refractivity contribution in [2.24, 2.45) is 0 Å². The van der Waals surface area contributed by atoms with Crippen LogP contribution in [0.3, 0.4) is 0 Å². The predicted octanol–water partition coefficient (Wildman–Crippen LogP) is 16.5. The van der Waals surface area contributed by atoms with Gasteiger partial charge in [-0.3, -0.25) is 14.4 Å². The number of carbonyl (C=O) groups excluding carboxylic acids is 3. The molecule has 0 spiro atoms. The van der Waals surface area contributed by atoms with E-state index in [2.05, 4.69) is 81.5 Å². The standard InChI is InChI=1S/C54H94O6/c1-4-7-10-13-16-19-21-23-24-25-26-27-28-29-30-32-33-35-38-41-44-47-53(56)59-50-51(49-58-52(55)46-43-40-37-18-15-12-9-6-3)60-54(57)48-45-42-39-36-34-31-22-20-17-14-11-8-5-2/h8,11,17,20-21,23,25-26,31,34,51H,4-7,9-10,12-16,18-19,22,24,27-30,32-33,35-50H2,1-3H3/b11-8-,20-17-,23-21-,26-25-,34-31-. The number of carbonyl (C=O) groups is 3. The zero-order valence-corrected chi connectivity index (χ0v) is 39.5. The van der Waals surface area contributed by atoms with Crippen molar-refractivity contribution in [1.82, 2.24) is 0 Å². The van der Waals surface area contributed by atoms with Crippen LogP contribution in [0.15, 0.2) is 60.8 Å². The van der Waals surface area contributed by atoms with E-state index in [1.807, 2.05) is 0 Å². The molecule has 0 radical (unpaired) electrons. The Hall–Kier alpha value is -2.89. The number of ether oxygens (including phenoxy) is 3. The minimum atomic E-state index is -0.787. The van der Waals surface area contributed by atoms with Crippen molar-refractivity contribution in [3.05, 3.63) is 60.8 Å². The molecule has 0 N–H and O–H groups in total. The maximum Gasteiger partial charge on any atom is 0.306 e. The van der Waals surface area contributed by atoms with Crippen molar-refractivity contribution >= 4 is 17.9 Å². The van der Waals surface area contributed by atoms with Gasteiger partial charge >= 0.3 is 17.9 Å². The third-order valence-corrected chi connectivity index (χ3v) is 10.8. The molecule has 6 heteroatoms. The Kier molecular flexibility index (Phi) is 46.4. The first kappa shape index (κ1) is 57.1. The van der Waals surface area contributed by atoms with Crippen LogP contribution in [-0.4, -0.2) is 37.2 Å². The van der Waals surface area contributed by atoms with E-state index >= 15 is 0 Å². The highest BCUT2D eigenvalue weighted by molar-refractivity contribution is 5.71. The molecule has 0 amide bonds. The van der Waals surface area contributed by atoms with Crippen molar-refractivity contribution in [2.45, 2.75) is 252 Å². The van der Waals surface area contributed by atoms with Crippen molar-refractivity contribution < 1.29 is 28.6 Å². The Morgan fingerprint density at radius 2 is 0.650 bits per heavy atom. The maximum atomic E-state index is 12.7. The van der Waals surface area contributed by atoms with Crippen molar-refractivity contribution in [1.29, 1.82) is 0 Å². The predicted molar refractivity (Wildman–Crippen MR) is 256 cm³/mol. The number of hydrogen-bond donors (Lipinski definition) is 0. The normalized spacial score (nSPS) is 12.5. The summed E-state index contributed by atoms with van der Waals surface area (Å²) in [4.78, 5) is 37.8. The van der Waals surface area contributed by atoms with E-state index in [0.29, 0.717) is 19.3 Å². The van der Waals surface area contributed by atoms with E-state index < -0.39 is 6.10 Å². The monoisotopic (exact) mass is 839 g/mol. The first-order valence-corrected chi connectivity index (χ1v) is 25.3. The van der Waals surface area contributed by atoms with Crippen LogP contribution in [0.2, 0.25) is 0 Å². The summed E-state index contributed by atoms with van der Waals surface area (Å²) in [5.74, 6) is -0.923. The first-order valence-electron chi connectivity index (χ1n) is 25.3. The van der Waals surface area contributed by atoms with Crippen LogP contribution in [0.25, 0.3) is 0 Å². The molecule has 0 bridgehead atoms. The number of allylic oxidation sites excluding steroid dienone is 10. The lowest BCUT2D eigenvalue weighted by atomic mass is 10.1. The largest absolute Gasteiger partial charge is 0.462 e. The molecule has 1 atom stereocenters. The number of unbranched alkanes of at least 4 members (excludes halogenated alkanes) is 24. The van der Waals surface area contributed by atoms with Gasteiger partial charge in [0.1, 0.15) is 13.2 Å². The summed E-state index contributed by atoms with van der Waals surface area (Å²) in [5, 5.41) is 0. The van der Waals surface area contributed by atoms with Crippen LogP contribution < -0.4 is 0 Å². The Morgan fingerprint density at radius 1 is 0.350 bits per heavy atom. The van der Waals surface area contributed by atoms with Gasteiger partial charge in [0, 0.05) is 19.3 Å². The van der Waals surface area contributed by atoms with Crippen LogP contribution in [-0.2, 0) is 28.6 Å². The molecule has 0 aromatic heterocycles.